The van der Waals surface area contributed by atoms with Crippen molar-refractivity contribution >= 4 is 27.3 Å². The first-order chi connectivity index (χ1) is 8.52. The van der Waals surface area contributed by atoms with E-state index < -0.39 is 0 Å². The van der Waals surface area contributed by atoms with E-state index in [0.717, 1.165) is 15.8 Å². The zero-order chi connectivity index (χ0) is 13.3. The van der Waals surface area contributed by atoms with Gasteiger partial charge in [-0.15, -0.1) is 11.3 Å². The van der Waals surface area contributed by atoms with E-state index in [0.29, 0.717) is 0 Å². The van der Waals surface area contributed by atoms with Crippen LogP contribution in [0.3, 0.4) is 0 Å². The van der Waals surface area contributed by atoms with Gasteiger partial charge in [0.1, 0.15) is 5.75 Å². The van der Waals surface area contributed by atoms with Crippen molar-refractivity contribution in [1.29, 1.82) is 0 Å². The summed E-state index contributed by atoms with van der Waals surface area (Å²) in [4.78, 5) is 2.52. The van der Waals surface area contributed by atoms with Crippen LogP contribution in [-0.4, -0.2) is 7.11 Å². The fourth-order valence-electron chi connectivity index (χ4n) is 2.00. The van der Waals surface area contributed by atoms with Crippen LogP contribution in [0.1, 0.15) is 26.9 Å². The summed E-state index contributed by atoms with van der Waals surface area (Å²) in [5, 5.41) is 0. The average Bonchev–Trinajstić information content (AvgIpc) is 2.67. The highest BCUT2D eigenvalue weighted by molar-refractivity contribution is 9.10. The second-order valence-electron chi connectivity index (χ2n) is 4.28. The monoisotopic (exact) mass is 325 g/mol. The first-order valence-electron chi connectivity index (χ1n) is 5.69. The highest BCUT2D eigenvalue weighted by Crippen LogP contribution is 2.33. The molecule has 4 heteroatoms. The van der Waals surface area contributed by atoms with Crippen molar-refractivity contribution in [3.63, 3.8) is 0 Å². The maximum absolute atomic E-state index is 6.34. The van der Waals surface area contributed by atoms with E-state index in [2.05, 4.69) is 35.8 Å². The van der Waals surface area contributed by atoms with Crippen molar-refractivity contribution in [2.24, 2.45) is 5.73 Å². The van der Waals surface area contributed by atoms with Crippen LogP contribution in [0.25, 0.3) is 0 Å². The Hall–Kier alpha value is -0.840. The van der Waals surface area contributed by atoms with Crippen LogP contribution in [0.5, 0.6) is 5.75 Å². The SMILES string of the molecule is COc1ccc(C(N)c2sc(C)cc2C)cc1Br. The van der Waals surface area contributed by atoms with Crippen molar-refractivity contribution in [2.45, 2.75) is 19.9 Å². The fraction of sp³-hybridized carbons (Fsp3) is 0.286. The number of methoxy groups -OCH3 is 1. The Morgan fingerprint density at radius 2 is 2.00 bits per heavy atom. The van der Waals surface area contributed by atoms with Crippen molar-refractivity contribution in [3.8, 4) is 5.75 Å². The highest BCUT2D eigenvalue weighted by Gasteiger charge is 2.15. The van der Waals surface area contributed by atoms with Gasteiger partial charge in [-0.25, -0.2) is 0 Å². The van der Waals surface area contributed by atoms with Crippen LogP contribution in [-0.2, 0) is 0 Å². The third-order valence-corrected chi connectivity index (χ3v) is 4.75. The number of aryl methyl sites for hydroxylation is 2. The van der Waals surface area contributed by atoms with Gasteiger partial charge in [0.15, 0.2) is 0 Å². The molecule has 0 bridgehead atoms. The largest absolute Gasteiger partial charge is 0.496 e. The fourth-order valence-corrected chi connectivity index (χ4v) is 3.62. The Morgan fingerprint density at radius 1 is 1.28 bits per heavy atom. The molecule has 0 radical (unpaired) electrons. The molecule has 1 aromatic carbocycles. The molecule has 1 aromatic heterocycles. The van der Waals surface area contributed by atoms with Gasteiger partial charge in [-0.2, -0.15) is 0 Å². The van der Waals surface area contributed by atoms with Crippen LogP contribution < -0.4 is 10.5 Å². The molecular formula is C14H16BrNOS. The first kappa shape index (κ1) is 13.6. The van der Waals surface area contributed by atoms with Gasteiger partial charge in [-0.1, -0.05) is 6.07 Å². The zero-order valence-electron chi connectivity index (χ0n) is 10.7. The number of hydrogen-bond acceptors (Lipinski definition) is 3. The molecule has 1 unspecified atom stereocenters. The highest BCUT2D eigenvalue weighted by atomic mass is 79.9. The van der Waals surface area contributed by atoms with Crippen molar-refractivity contribution < 1.29 is 4.74 Å². The maximum Gasteiger partial charge on any atom is 0.133 e. The van der Waals surface area contributed by atoms with Gasteiger partial charge in [0.25, 0.3) is 0 Å². The summed E-state index contributed by atoms with van der Waals surface area (Å²) in [7, 11) is 1.66. The quantitative estimate of drug-likeness (QED) is 0.918. The van der Waals surface area contributed by atoms with E-state index in [4.69, 9.17) is 10.5 Å². The smallest absolute Gasteiger partial charge is 0.133 e. The Labute approximate surface area is 120 Å². The molecule has 1 atom stereocenters. The Morgan fingerprint density at radius 3 is 2.50 bits per heavy atom. The summed E-state index contributed by atoms with van der Waals surface area (Å²) in [5.41, 5.74) is 8.69. The van der Waals surface area contributed by atoms with Gasteiger partial charge in [0, 0.05) is 9.75 Å². The predicted octanol–water partition coefficient (Wildman–Crippen LogP) is 4.18. The summed E-state index contributed by atoms with van der Waals surface area (Å²) >= 11 is 5.26. The molecule has 2 rings (SSSR count). The van der Waals surface area contributed by atoms with E-state index in [1.54, 1.807) is 18.4 Å². The maximum atomic E-state index is 6.34. The second-order valence-corrected chi connectivity index (χ2v) is 6.42. The Kier molecular flexibility index (Phi) is 4.10. The van der Waals surface area contributed by atoms with Crippen molar-refractivity contribution in [3.05, 3.63) is 49.6 Å². The van der Waals surface area contributed by atoms with Crippen LogP contribution in [0.15, 0.2) is 28.7 Å². The molecule has 2 N–H and O–H groups in total. The number of rotatable bonds is 3. The molecule has 0 amide bonds. The topological polar surface area (TPSA) is 35.2 Å². The van der Waals surface area contributed by atoms with Crippen molar-refractivity contribution in [1.82, 2.24) is 0 Å². The molecular weight excluding hydrogens is 310 g/mol. The van der Waals surface area contributed by atoms with Gasteiger partial charge < -0.3 is 10.5 Å². The molecule has 0 aliphatic rings. The third-order valence-electron chi connectivity index (χ3n) is 2.90. The van der Waals surface area contributed by atoms with E-state index in [-0.39, 0.29) is 6.04 Å². The van der Waals surface area contributed by atoms with Crippen LogP contribution in [0, 0.1) is 13.8 Å². The second kappa shape index (κ2) is 5.43. The number of halogens is 1. The van der Waals surface area contributed by atoms with Crippen LogP contribution in [0.2, 0.25) is 0 Å². The number of hydrogen-bond donors (Lipinski definition) is 1. The first-order valence-corrected chi connectivity index (χ1v) is 7.30. The Bertz CT molecular complexity index is 565. The number of nitrogens with two attached hydrogens (primary N) is 1. The van der Waals surface area contributed by atoms with E-state index in [1.165, 1.54) is 15.3 Å². The lowest BCUT2D eigenvalue weighted by Crippen LogP contribution is -2.11. The molecule has 0 spiro atoms. The number of benzene rings is 1. The molecule has 0 saturated heterocycles. The summed E-state index contributed by atoms with van der Waals surface area (Å²) < 4.78 is 6.16. The van der Waals surface area contributed by atoms with E-state index in [1.807, 2.05) is 18.2 Å². The molecule has 0 saturated carbocycles. The van der Waals surface area contributed by atoms with Crippen LogP contribution in [0.4, 0.5) is 0 Å². The van der Waals surface area contributed by atoms with Gasteiger partial charge in [0.2, 0.25) is 0 Å². The molecule has 0 fully saturated rings. The minimum Gasteiger partial charge on any atom is -0.496 e. The standard InChI is InChI=1S/C14H16BrNOS/c1-8-6-9(2)18-14(8)13(16)10-4-5-12(17-3)11(15)7-10/h4-7,13H,16H2,1-3H3. The van der Waals surface area contributed by atoms with Crippen LogP contribution >= 0.6 is 27.3 Å². The molecule has 0 aliphatic heterocycles. The predicted molar refractivity (Wildman–Crippen MR) is 80.5 cm³/mol. The molecule has 1 heterocycles. The third kappa shape index (κ3) is 2.60. The van der Waals surface area contributed by atoms with E-state index >= 15 is 0 Å². The van der Waals surface area contributed by atoms with Crippen molar-refractivity contribution in [2.75, 3.05) is 7.11 Å². The molecule has 2 nitrogen and oxygen atoms in total. The minimum absolute atomic E-state index is 0.0779. The minimum atomic E-state index is -0.0779. The molecule has 18 heavy (non-hydrogen) atoms. The molecule has 2 aromatic rings. The van der Waals surface area contributed by atoms with Gasteiger partial charge in [0.05, 0.1) is 17.6 Å². The molecule has 0 aliphatic carbocycles. The van der Waals surface area contributed by atoms with Gasteiger partial charge in [-0.3, -0.25) is 0 Å². The summed E-state index contributed by atoms with van der Waals surface area (Å²) in [5.74, 6) is 0.824. The number of ether oxygens (including phenoxy) is 1. The average molecular weight is 326 g/mol. The summed E-state index contributed by atoms with van der Waals surface area (Å²) in [6.45, 7) is 4.22. The number of thiophene rings is 1. The Balaban J connectivity index is 2.37. The lowest BCUT2D eigenvalue weighted by Gasteiger charge is -2.13. The van der Waals surface area contributed by atoms with E-state index in [9.17, 15) is 0 Å². The summed E-state index contributed by atoms with van der Waals surface area (Å²) in [6.07, 6.45) is 0. The zero-order valence-corrected chi connectivity index (χ0v) is 13.1. The lowest BCUT2D eigenvalue weighted by atomic mass is 10.0. The molecule has 96 valence electrons. The van der Waals surface area contributed by atoms with Gasteiger partial charge >= 0.3 is 0 Å². The normalized spacial score (nSPS) is 12.5. The lowest BCUT2D eigenvalue weighted by molar-refractivity contribution is 0.412. The van der Waals surface area contributed by atoms with Gasteiger partial charge in [-0.05, 0) is 59.1 Å². The summed E-state index contributed by atoms with van der Waals surface area (Å²) in [6, 6.07) is 8.08.